The summed E-state index contributed by atoms with van der Waals surface area (Å²) in [5, 5.41) is 0. The van der Waals surface area contributed by atoms with E-state index >= 15 is 0 Å². The Hall–Kier alpha value is -2.12. The molecule has 2 aromatic carbocycles. The van der Waals surface area contributed by atoms with Gasteiger partial charge in [0, 0.05) is 0 Å². The van der Waals surface area contributed by atoms with Gasteiger partial charge in [-0.05, 0) is 35.4 Å². The Kier molecular flexibility index (Phi) is 6.74. The summed E-state index contributed by atoms with van der Waals surface area (Å²) < 4.78 is 95.4. The van der Waals surface area contributed by atoms with Crippen molar-refractivity contribution in [1.29, 1.82) is 0 Å². The standard InChI is InChI=1S/C8H4F6.C8H8F2/c9-7(10,11)5-1-2-6(4-3-5)8(12,13)14;9-5-7-2-1-3-8(4-7)6-10/h1-4H;1-4H,5-6H2. The molecule has 24 heavy (non-hydrogen) atoms. The zero-order valence-corrected chi connectivity index (χ0v) is 12.1. The second-order valence-corrected chi connectivity index (χ2v) is 4.66. The van der Waals surface area contributed by atoms with Gasteiger partial charge < -0.3 is 0 Å². The van der Waals surface area contributed by atoms with Gasteiger partial charge in [-0.15, -0.1) is 0 Å². The summed E-state index contributed by atoms with van der Waals surface area (Å²) in [5.41, 5.74) is -1.11. The monoisotopic (exact) mass is 356 g/mol. The first kappa shape index (κ1) is 19.9. The molecule has 0 saturated heterocycles. The van der Waals surface area contributed by atoms with E-state index in [0.717, 1.165) is 0 Å². The zero-order valence-electron chi connectivity index (χ0n) is 12.1. The van der Waals surface area contributed by atoms with Gasteiger partial charge in [-0.3, -0.25) is 0 Å². The Morgan fingerprint density at radius 3 is 1.17 bits per heavy atom. The van der Waals surface area contributed by atoms with Gasteiger partial charge in [0.15, 0.2) is 0 Å². The Morgan fingerprint density at radius 1 is 0.583 bits per heavy atom. The number of hydrogen-bond donors (Lipinski definition) is 0. The highest BCUT2D eigenvalue weighted by atomic mass is 19.4. The number of alkyl halides is 8. The fourth-order valence-corrected chi connectivity index (χ4v) is 1.64. The topological polar surface area (TPSA) is 0 Å². The van der Waals surface area contributed by atoms with Crippen LogP contribution in [0.3, 0.4) is 0 Å². The van der Waals surface area contributed by atoms with E-state index in [1.165, 1.54) is 6.07 Å². The van der Waals surface area contributed by atoms with Crippen LogP contribution in [-0.2, 0) is 25.7 Å². The molecule has 0 fully saturated rings. The van der Waals surface area contributed by atoms with Crippen molar-refractivity contribution in [2.45, 2.75) is 25.7 Å². The molecule has 0 aliphatic rings. The van der Waals surface area contributed by atoms with Crippen LogP contribution in [0.4, 0.5) is 35.1 Å². The number of benzene rings is 2. The van der Waals surface area contributed by atoms with E-state index in [-0.39, 0.29) is 0 Å². The molecule has 2 rings (SSSR count). The minimum absolute atomic E-state index is 0.406. The average Bonchev–Trinajstić information content (AvgIpc) is 2.54. The lowest BCUT2D eigenvalue weighted by Gasteiger charge is -2.09. The molecule has 0 aliphatic heterocycles. The Morgan fingerprint density at radius 2 is 0.917 bits per heavy atom. The van der Waals surface area contributed by atoms with Crippen LogP contribution in [0, 0.1) is 0 Å². The molecular weight excluding hydrogens is 344 g/mol. The van der Waals surface area contributed by atoms with Crippen LogP contribution in [0.2, 0.25) is 0 Å². The van der Waals surface area contributed by atoms with Crippen LogP contribution < -0.4 is 0 Å². The minimum atomic E-state index is -4.61. The quantitative estimate of drug-likeness (QED) is 0.550. The molecule has 0 heterocycles. The van der Waals surface area contributed by atoms with Crippen molar-refractivity contribution in [2.24, 2.45) is 0 Å². The molecule has 0 unspecified atom stereocenters. The van der Waals surface area contributed by atoms with Crippen molar-refractivity contribution in [3.05, 3.63) is 70.8 Å². The zero-order chi connectivity index (χ0) is 18.4. The predicted octanol–water partition coefficient (Wildman–Crippen LogP) is 6.35. The van der Waals surface area contributed by atoms with Gasteiger partial charge in [0.2, 0.25) is 0 Å². The van der Waals surface area contributed by atoms with Crippen LogP contribution in [0.25, 0.3) is 0 Å². The third-order valence-electron chi connectivity index (χ3n) is 2.84. The first-order valence-corrected chi connectivity index (χ1v) is 6.52. The molecule has 2 aromatic rings. The molecule has 0 saturated carbocycles. The van der Waals surface area contributed by atoms with Crippen LogP contribution in [0.15, 0.2) is 48.5 Å². The van der Waals surface area contributed by atoms with Gasteiger partial charge in [-0.1, -0.05) is 24.3 Å². The maximum atomic E-state index is 11.9. The highest BCUT2D eigenvalue weighted by molar-refractivity contribution is 5.26. The summed E-state index contributed by atoms with van der Waals surface area (Å²) in [6.07, 6.45) is -9.21. The molecule has 8 heteroatoms. The summed E-state index contributed by atoms with van der Waals surface area (Å²) in [6, 6.07) is 8.08. The molecule has 0 bridgehead atoms. The molecule has 0 aromatic heterocycles. The molecule has 0 amide bonds. The fraction of sp³-hybridized carbons (Fsp3) is 0.250. The molecule has 132 valence electrons. The van der Waals surface area contributed by atoms with Gasteiger partial charge >= 0.3 is 12.4 Å². The molecule has 0 atom stereocenters. The van der Waals surface area contributed by atoms with Crippen LogP contribution in [0.1, 0.15) is 22.3 Å². The lowest BCUT2D eigenvalue weighted by atomic mass is 10.1. The van der Waals surface area contributed by atoms with Crippen molar-refractivity contribution < 1.29 is 35.1 Å². The van der Waals surface area contributed by atoms with E-state index in [1.54, 1.807) is 18.2 Å². The lowest BCUT2D eigenvalue weighted by Crippen LogP contribution is -2.08. The van der Waals surface area contributed by atoms with Crippen LogP contribution in [-0.4, -0.2) is 0 Å². The first-order chi connectivity index (χ1) is 11.1. The van der Waals surface area contributed by atoms with Gasteiger partial charge in [-0.2, -0.15) is 26.3 Å². The second-order valence-electron chi connectivity index (χ2n) is 4.66. The van der Waals surface area contributed by atoms with E-state index in [9.17, 15) is 35.1 Å². The van der Waals surface area contributed by atoms with Crippen molar-refractivity contribution >= 4 is 0 Å². The highest BCUT2D eigenvalue weighted by Crippen LogP contribution is 2.33. The summed E-state index contributed by atoms with van der Waals surface area (Å²) in [5.74, 6) is 0. The van der Waals surface area contributed by atoms with E-state index in [4.69, 9.17) is 0 Å². The SMILES string of the molecule is FC(F)(F)c1ccc(C(F)(F)F)cc1.FCc1cccc(CF)c1. The Labute approximate surface area is 132 Å². The minimum Gasteiger partial charge on any atom is -0.246 e. The van der Waals surface area contributed by atoms with Crippen molar-refractivity contribution in [3.63, 3.8) is 0 Å². The van der Waals surface area contributed by atoms with E-state index < -0.39 is 36.8 Å². The highest BCUT2D eigenvalue weighted by Gasteiger charge is 2.33. The maximum Gasteiger partial charge on any atom is 0.416 e. The molecule has 0 nitrogen and oxygen atoms in total. The Balaban J connectivity index is 0.000000254. The van der Waals surface area contributed by atoms with Crippen LogP contribution in [0.5, 0.6) is 0 Å². The summed E-state index contributed by atoms with van der Waals surface area (Å²) >= 11 is 0. The van der Waals surface area contributed by atoms with E-state index in [1.807, 2.05) is 0 Å². The average molecular weight is 356 g/mol. The molecule has 0 radical (unpaired) electrons. The van der Waals surface area contributed by atoms with Gasteiger partial charge in [0.05, 0.1) is 11.1 Å². The summed E-state index contributed by atoms with van der Waals surface area (Å²) in [6.45, 7) is -1.04. The van der Waals surface area contributed by atoms with Gasteiger partial charge in [0.25, 0.3) is 0 Å². The molecule has 0 aliphatic carbocycles. The predicted molar refractivity (Wildman–Crippen MR) is 72.5 cm³/mol. The number of halogens is 8. The van der Waals surface area contributed by atoms with Gasteiger partial charge in [0.1, 0.15) is 13.3 Å². The molecule has 0 spiro atoms. The van der Waals surface area contributed by atoms with Crippen molar-refractivity contribution in [2.75, 3.05) is 0 Å². The summed E-state index contributed by atoms with van der Waals surface area (Å²) in [4.78, 5) is 0. The van der Waals surface area contributed by atoms with Crippen LogP contribution >= 0.6 is 0 Å². The fourth-order valence-electron chi connectivity index (χ4n) is 1.64. The normalized spacial score (nSPS) is 11.7. The van der Waals surface area contributed by atoms with E-state index in [2.05, 4.69) is 0 Å². The van der Waals surface area contributed by atoms with E-state index in [0.29, 0.717) is 35.4 Å². The van der Waals surface area contributed by atoms with Crippen molar-refractivity contribution in [1.82, 2.24) is 0 Å². The third kappa shape index (κ3) is 6.17. The Bertz CT molecular complexity index is 574. The summed E-state index contributed by atoms with van der Waals surface area (Å²) in [7, 11) is 0. The number of rotatable bonds is 2. The van der Waals surface area contributed by atoms with Gasteiger partial charge in [-0.25, -0.2) is 8.78 Å². The smallest absolute Gasteiger partial charge is 0.246 e. The first-order valence-electron chi connectivity index (χ1n) is 6.52. The lowest BCUT2D eigenvalue weighted by molar-refractivity contribution is -0.141. The molecule has 0 N–H and O–H groups in total. The van der Waals surface area contributed by atoms with Crippen molar-refractivity contribution in [3.8, 4) is 0 Å². The third-order valence-corrected chi connectivity index (χ3v) is 2.84. The molecular formula is C16H12F8. The second kappa shape index (κ2) is 8.12. The largest absolute Gasteiger partial charge is 0.416 e. The number of hydrogen-bond acceptors (Lipinski definition) is 0. The maximum absolute atomic E-state index is 11.9.